The summed E-state index contributed by atoms with van der Waals surface area (Å²) in [6.45, 7) is 3.87. The van der Waals surface area contributed by atoms with E-state index in [1.54, 1.807) is 13.8 Å². The van der Waals surface area contributed by atoms with Crippen LogP contribution in [0.3, 0.4) is 0 Å². The van der Waals surface area contributed by atoms with E-state index < -0.39 is 5.97 Å². The number of nitriles is 2. The first-order valence-corrected chi connectivity index (χ1v) is 6.09. The van der Waals surface area contributed by atoms with E-state index in [1.807, 2.05) is 12.1 Å². The highest BCUT2D eigenvalue weighted by molar-refractivity contribution is 7.15. The van der Waals surface area contributed by atoms with Crippen molar-refractivity contribution in [3.05, 3.63) is 10.6 Å². The maximum Gasteiger partial charge on any atom is 0.358 e. The summed E-state index contributed by atoms with van der Waals surface area (Å²) in [7, 11) is 0. The van der Waals surface area contributed by atoms with Crippen LogP contribution in [0.5, 0.6) is 0 Å². The molecule has 1 heterocycles. The van der Waals surface area contributed by atoms with Crippen LogP contribution in [-0.4, -0.2) is 30.6 Å². The summed E-state index contributed by atoms with van der Waals surface area (Å²) in [5.74, 6) is -0.480. The predicted molar refractivity (Wildman–Crippen MR) is 66.2 cm³/mol. The Morgan fingerprint density at radius 1 is 1.44 bits per heavy atom. The van der Waals surface area contributed by atoms with E-state index in [9.17, 15) is 4.79 Å². The van der Waals surface area contributed by atoms with Gasteiger partial charge in [0.05, 0.1) is 18.7 Å². The molecule has 0 radical (unpaired) electrons. The van der Waals surface area contributed by atoms with Gasteiger partial charge in [-0.15, -0.1) is 11.3 Å². The molecule has 0 spiro atoms. The molecule has 0 bridgehead atoms. The Hall–Kier alpha value is -2.12. The first kappa shape index (κ1) is 13.9. The zero-order valence-electron chi connectivity index (χ0n) is 10.1. The number of esters is 1. The van der Waals surface area contributed by atoms with Crippen LogP contribution in [0.2, 0.25) is 0 Å². The lowest BCUT2D eigenvalue weighted by molar-refractivity contribution is 0.0519. The number of aromatic nitrogens is 1. The number of hydrogen-bond acceptors (Lipinski definition) is 7. The van der Waals surface area contributed by atoms with E-state index >= 15 is 0 Å². The summed E-state index contributed by atoms with van der Waals surface area (Å²) in [6, 6.07) is 3.92. The topological polar surface area (TPSA) is 90.0 Å². The lowest BCUT2D eigenvalue weighted by Crippen LogP contribution is -2.23. The Morgan fingerprint density at radius 3 is 2.56 bits per heavy atom. The van der Waals surface area contributed by atoms with Gasteiger partial charge in [-0.1, -0.05) is 0 Å². The predicted octanol–water partition coefficient (Wildman–Crippen LogP) is 1.48. The molecule has 0 aromatic carbocycles. The lowest BCUT2D eigenvalue weighted by atomic mass is 10.4. The molecule has 0 fully saturated rings. The Bertz CT molecular complexity index is 496. The minimum atomic E-state index is -0.480. The molecule has 1 aromatic heterocycles. The van der Waals surface area contributed by atoms with Crippen LogP contribution in [0, 0.1) is 29.6 Å². The fourth-order valence-corrected chi connectivity index (χ4v) is 2.16. The highest BCUT2D eigenvalue weighted by Gasteiger charge is 2.19. The van der Waals surface area contributed by atoms with Gasteiger partial charge in [0.15, 0.2) is 10.8 Å². The first-order valence-electron chi connectivity index (χ1n) is 5.27. The summed E-state index contributed by atoms with van der Waals surface area (Å²) in [6.07, 6.45) is 0. The zero-order valence-corrected chi connectivity index (χ0v) is 11.0. The third-order valence-corrected chi connectivity index (χ3v) is 3.08. The second kappa shape index (κ2) is 6.58. The molecule has 0 saturated carbocycles. The molecule has 0 atom stereocenters. The molecule has 0 aliphatic carbocycles. The Balaban J connectivity index is 2.98. The minimum Gasteiger partial charge on any atom is -0.461 e. The summed E-state index contributed by atoms with van der Waals surface area (Å²) in [5.41, 5.74) is 0.248. The normalized spacial score (nSPS) is 9.33. The number of carbonyl (C=O) groups excluding carboxylic acids is 1. The molecule has 6 nitrogen and oxygen atoms in total. The first-order chi connectivity index (χ1) is 8.63. The molecule has 1 rings (SSSR count). The SMILES string of the molecule is CCOC(=O)c1nc(N(CC#N)CC#N)sc1C. The summed E-state index contributed by atoms with van der Waals surface area (Å²) in [5, 5.41) is 17.8. The number of rotatable bonds is 5. The molecule has 0 N–H and O–H groups in total. The summed E-state index contributed by atoms with van der Waals surface area (Å²) < 4.78 is 4.88. The number of ether oxygens (including phenoxy) is 1. The van der Waals surface area contributed by atoms with Crippen LogP contribution in [0.4, 0.5) is 5.13 Å². The summed E-state index contributed by atoms with van der Waals surface area (Å²) in [4.78, 5) is 18.0. The third-order valence-electron chi connectivity index (χ3n) is 2.05. The van der Waals surface area contributed by atoms with Gasteiger partial charge >= 0.3 is 5.97 Å². The largest absolute Gasteiger partial charge is 0.461 e. The van der Waals surface area contributed by atoms with Crippen molar-refractivity contribution in [1.82, 2.24) is 4.98 Å². The quantitative estimate of drug-likeness (QED) is 0.591. The average molecular weight is 264 g/mol. The molecule has 0 aliphatic rings. The lowest BCUT2D eigenvalue weighted by Gasteiger charge is -2.12. The van der Waals surface area contributed by atoms with Gasteiger partial charge in [-0.25, -0.2) is 9.78 Å². The van der Waals surface area contributed by atoms with Gasteiger partial charge in [0, 0.05) is 4.88 Å². The van der Waals surface area contributed by atoms with E-state index in [2.05, 4.69) is 4.98 Å². The van der Waals surface area contributed by atoms with E-state index in [4.69, 9.17) is 15.3 Å². The summed E-state index contributed by atoms with van der Waals surface area (Å²) >= 11 is 1.27. The van der Waals surface area contributed by atoms with Gasteiger partial charge in [-0.3, -0.25) is 0 Å². The van der Waals surface area contributed by atoms with Crippen molar-refractivity contribution in [2.75, 3.05) is 24.6 Å². The Kier molecular flexibility index (Phi) is 5.09. The monoisotopic (exact) mass is 264 g/mol. The highest BCUT2D eigenvalue weighted by Crippen LogP contribution is 2.25. The average Bonchev–Trinajstić information content (AvgIpc) is 2.71. The van der Waals surface area contributed by atoms with Crippen molar-refractivity contribution in [3.8, 4) is 12.1 Å². The standard InChI is InChI=1S/C11H12N4O2S/c1-3-17-10(16)9-8(2)18-11(14-9)15(6-4-12)7-5-13/h3,6-7H2,1-2H3. The molecule has 94 valence electrons. The maximum atomic E-state index is 11.6. The smallest absolute Gasteiger partial charge is 0.358 e. The van der Waals surface area contributed by atoms with E-state index in [-0.39, 0.29) is 25.4 Å². The zero-order chi connectivity index (χ0) is 13.5. The van der Waals surface area contributed by atoms with E-state index in [0.29, 0.717) is 10.0 Å². The van der Waals surface area contributed by atoms with Crippen LogP contribution >= 0.6 is 11.3 Å². The van der Waals surface area contributed by atoms with Crippen LogP contribution in [0.15, 0.2) is 0 Å². The molecule has 0 saturated heterocycles. The van der Waals surface area contributed by atoms with Crippen molar-refractivity contribution in [2.24, 2.45) is 0 Å². The fourth-order valence-electron chi connectivity index (χ4n) is 1.27. The maximum absolute atomic E-state index is 11.6. The second-order valence-electron chi connectivity index (χ2n) is 3.29. The van der Waals surface area contributed by atoms with Gasteiger partial charge < -0.3 is 9.64 Å². The third kappa shape index (κ3) is 3.19. The fraction of sp³-hybridized carbons (Fsp3) is 0.455. The Morgan fingerprint density at radius 2 is 2.06 bits per heavy atom. The molecule has 18 heavy (non-hydrogen) atoms. The van der Waals surface area contributed by atoms with Crippen LogP contribution in [0.25, 0.3) is 0 Å². The molecule has 0 aliphatic heterocycles. The molecule has 1 aromatic rings. The van der Waals surface area contributed by atoms with Gasteiger partial charge in [-0.2, -0.15) is 10.5 Å². The number of aryl methyl sites for hydroxylation is 1. The minimum absolute atomic E-state index is 0.0583. The van der Waals surface area contributed by atoms with Gasteiger partial charge in [0.2, 0.25) is 0 Å². The van der Waals surface area contributed by atoms with Crippen molar-refractivity contribution in [2.45, 2.75) is 13.8 Å². The number of thiazole rings is 1. The van der Waals surface area contributed by atoms with E-state index in [0.717, 1.165) is 0 Å². The number of anilines is 1. The van der Waals surface area contributed by atoms with E-state index in [1.165, 1.54) is 16.2 Å². The van der Waals surface area contributed by atoms with Gasteiger partial charge in [0.1, 0.15) is 13.1 Å². The van der Waals surface area contributed by atoms with Crippen LogP contribution in [0.1, 0.15) is 22.3 Å². The van der Waals surface area contributed by atoms with Crippen LogP contribution < -0.4 is 4.90 Å². The number of nitrogens with zero attached hydrogens (tertiary/aromatic N) is 4. The number of carbonyl (C=O) groups is 1. The van der Waals surface area contributed by atoms with Crippen molar-refractivity contribution < 1.29 is 9.53 Å². The molecule has 7 heteroatoms. The van der Waals surface area contributed by atoms with Gasteiger partial charge in [0.25, 0.3) is 0 Å². The van der Waals surface area contributed by atoms with Crippen LogP contribution in [-0.2, 0) is 4.74 Å². The molecular weight excluding hydrogens is 252 g/mol. The Labute approximate surface area is 109 Å². The highest BCUT2D eigenvalue weighted by atomic mass is 32.1. The second-order valence-corrected chi connectivity index (χ2v) is 4.48. The molecular formula is C11H12N4O2S. The number of hydrogen-bond donors (Lipinski definition) is 0. The molecule has 0 amide bonds. The van der Waals surface area contributed by atoms with Gasteiger partial charge in [-0.05, 0) is 13.8 Å². The van der Waals surface area contributed by atoms with Crippen molar-refractivity contribution in [1.29, 1.82) is 10.5 Å². The van der Waals surface area contributed by atoms with Crippen molar-refractivity contribution in [3.63, 3.8) is 0 Å². The van der Waals surface area contributed by atoms with Crippen molar-refractivity contribution >= 4 is 22.4 Å². The molecule has 0 unspecified atom stereocenters.